The van der Waals surface area contributed by atoms with Gasteiger partial charge in [0.25, 0.3) is 0 Å². The Morgan fingerprint density at radius 3 is 3.00 bits per heavy atom. The third kappa shape index (κ3) is 1.79. The number of carbonyl (C=O) groups is 1. The first kappa shape index (κ1) is 9.55. The highest BCUT2D eigenvalue weighted by Gasteiger charge is 2.16. The molecule has 5 heteroatoms. The molecule has 1 rings (SSSR count). The van der Waals surface area contributed by atoms with Crippen LogP contribution in [0.15, 0.2) is 5.38 Å². The smallest absolute Gasteiger partial charge is 0.341 e. The summed E-state index contributed by atoms with van der Waals surface area (Å²) in [4.78, 5) is 11.2. The maximum atomic E-state index is 11.2. The number of hydrogen-bond donors (Lipinski definition) is 1. The van der Waals surface area contributed by atoms with Crippen LogP contribution in [0.4, 0.5) is 5.00 Å². The van der Waals surface area contributed by atoms with Crippen molar-refractivity contribution in [3.8, 4) is 6.19 Å². The Morgan fingerprint density at radius 2 is 2.46 bits per heavy atom. The minimum atomic E-state index is -0.420. The Kier molecular flexibility index (Phi) is 2.88. The van der Waals surface area contributed by atoms with E-state index in [0.717, 1.165) is 5.56 Å². The van der Waals surface area contributed by atoms with Gasteiger partial charge < -0.3 is 4.74 Å². The number of aryl methyl sites for hydroxylation is 1. The molecule has 0 bridgehead atoms. The molecule has 0 aliphatic rings. The van der Waals surface area contributed by atoms with E-state index in [9.17, 15) is 4.79 Å². The summed E-state index contributed by atoms with van der Waals surface area (Å²) >= 11 is 1.31. The average molecular weight is 196 g/mol. The van der Waals surface area contributed by atoms with Crippen molar-refractivity contribution in [2.75, 3.05) is 12.4 Å². The van der Waals surface area contributed by atoms with Crippen molar-refractivity contribution in [2.45, 2.75) is 6.92 Å². The first-order valence-corrected chi connectivity index (χ1v) is 4.40. The van der Waals surface area contributed by atoms with Crippen molar-refractivity contribution >= 4 is 22.3 Å². The molecule has 1 heterocycles. The zero-order valence-corrected chi connectivity index (χ0v) is 8.07. The van der Waals surface area contributed by atoms with Gasteiger partial charge in [-0.2, -0.15) is 5.26 Å². The van der Waals surface area contributed by atoms with Gasteiger partial charge in [0.15, 0.2) is 6.19 Å². The maximum Gasteiger partial charge on any atom is 0.341 e. The number of thiophene rings is 1. The average Bonchev–Trinajstić information content (AvgIpc) is 2.47. The normalized spacial score (nSPS) is 9.00. The van der Waals surface area contributed by atoms with Crippen LogP contribution in [-0.2, 0) is 4.74 Å². The molecule has 0 amide bonds. The van der Waals surface area contributed by atoms with Gasteiger partial charge in [0, 0.05) is 0 Å². The molecule has 13 heavy (non-hydrogen) atoms. The number of nitrogens with zero attached hydrogens (tertiary/aromatic N) is 1. The van der Waals surface area contributed by atoms with Crippen LogP contribution in [0.2, 0.25) is 0 Å². The highest BCUT2D eigenvalue weighted by atomic mass is 32.1. The molecule has 68 valence electrons. The lowest BCUT2D eigenvalue weighted by molar-refractivity contribution is 0.0601. The molecule has 0 spiro atoms. The highest BCUT2D eigenvalue weighted by molar-refractivity contribution is 7.14. The van der Waals surface area contributed by atoms with E-state index in [4.69, 9.17) is 5.26 Å². The molecule has 0 atom stereocenters. The third-order valence-corrected chi connectivity index (χ3v) is 2.55. The van der Waals surface area contributed by atoms with E-state index in [2.05, 4.69) is 10.1 Å². The third-order valence-electron chi connectivity index (χ3n) is 1.53. The number of carbonyl (C=O) groups excluding carboxylic acids is 1. The van der Waals surface area contributed by atoms with E-state index >= 15 is 0 Å². The van der Waals surface area contributed by atoms with E-state index in [1.807, 2.05) is 0 Å². The summed E-state index contributed by atoms with van der Waals surface area (Å²) in [6.07, 6.45) is 1.77. The predicted octanol–water partition coefficient (Wildman–Crippen LogP) is 1.74. The lowest BCUT2D eigenvalue weighted by Gasteiger charge is -2.00. The molecule has 0 saturated heterocycles. The molecular formula is C8H8N2O2S. The zero-order valence-electron chi connectivity index (χ0n) is 7.25. The van der Waals surface area contributed by atoms with E-state index in [0.29, 0.717) is 10.6 Å². The summed E-state index contributed by atoms with van der Waals surface area (Å²) in [7, 11) is 1.32. The molecule has 1 N–H and O–H groups in total. The number of anilines is 1. The Hall–Kier alpha value is -1.54. The number of hydrogen-bond acceptors (Lipinski definition) is 5. The van der Waals surface area contributed by atoms with Crippen LogP contribution in [0.3, 0.4) is 0 Å². The molecule has 0 aliphatic carbocycles. The topological polar surface area (TPSA) is 62.1 Å². The number of ether oxygens (including phenoxy) is 1. The molecular weight excluding hydrogens is 188 g/mol. The molecule has 0 fully saturated rings. The van der Waals surface area contributed by atoms with Crippen LogP contribution in [-0.4, -0.2) is 13.1 Å². The van der Waals surface area contributed by atoms with Gasteiger partial charge in [-0.05, 0) is 17.9 Å². The number of esters is 1. The van der Waals surface area contributed by atoms with E-state index in [1.165, 1.54) is 18.4 Å². The molecule has 1 aromatic heterocycles. The van der Waals surface area contributed by atoms with Gasteiger partial charge in [-0.3, -0.25) is 5.32 Å². The number of methoxy groups -OCH3 is 1. The zero-order chi connectivity index (χ0) is 9.84. The van der Waals surface area contributed by atoms with Crippen LogP contribution in [0.25, 0.3) is 0 Å². The van der Waals surface area contributed by atoms with Crippen molar-refractivity contribution in [1.82, 2.24) is 0 Å². The molecule has 0 saturated carbocycles. The Morgan fingerprint density at radius 1 is 1.77 bits per heavy atom. The van der Waals surface area contributed by atoms with Crippen LogP contribution >= 0.6 is 11.3 Å². The second-order valence-corrected chi connectivity index (χ2v) is 3.23. The molecule has 4 nitrogen and oxygen atoms in total. The number of nitriles is 1. The molecule has 0 radical (unpaired) electrons. The van der Waals surface area contributed by atoms with Crippen molar-refractivity contribution in [3.05, 3.63) is 16.5 Å². The van der Waals surface area contributed by atoms with Gasteiger partial charge >= 0.3 is 5.97 Å². The minimum absolute atomic E-state index is 0.420. The first-order valence-electron chi connectivity index (χ1n) is 3.52. The lowest BCUT2D eigenvalue weighted by Crippen LogP contribution is -2.04. The van der Waals surface area contributed by atoms with Gasteiger partial charge in [-0.1, -0.05) is 0 Å². The maximum absolute atomic E-state index is 11.2. The predicted molar refractivity (Wildman–Crippen MR) is 49.6 cm³/mol. The van der Waals surface area contributed by atoms with Gasteiger partial charge in [0.1, 0.15) is 5.00 Å². The van der Waals surface area contributed by atoms with Gasteiger partial charge in [0.05, 0.1) is 12.7 Å². The van der Waals surface area contributed by atoms with Crippen molar-refractivity contribution in [2.24, 2.45) is 0 Å². The van der Waals surface area contributed by atoms with Crippen molar-refractivity contribution < 1.29 is 9.53 Å². The number of rotatable bonds is 2. The summed E-state index contributed by atoms with van der Waals surface area (Å²) in [5.41, 5.74) is 1.25. The van der Waals surface area contributed by atoms with Crippen molar-refractivity contribution in [1.29, 1.82) is 5.26 Å². The summed E-state index contributed by atoms with van der Waals surface area (Å²) in [5.74, 6) is -0.420. The fourth-order valence-electron chi connectivity index (χ4n) is 0.943. The largest absolute Gasteiger partial charge is 0.465 e. The molecule has 0 unspecified atom stereocenters. The van der Waals surface area contributed by atoms with Crippen LogP contribution < -0.4 is 5.32 Å². The van der Waals surface area contributed by atoms with E-state index in [-0.39, 0.29) is 0 Å². The highest BCUT2D eigenvalue weighted by Crippen LogP contribution is 2.27. The SMILES string of the molecule is COC(=O)c1c(C)csc1NC#N. The standard InChI is InChI=1S/C8H8N2O2S/c1-5-3-13-7(10-4-9)6(5)8(11)12-2/h3,10H,1-2H3. The van der Waals surface area contributed by atoms with Gasteiger partial charge in [0.2, 0.25) is 0 Å². The summed E-state index contributed by atoms with van der Waals surface area (Å²) in [5, 5.41) is 13.2. The molecule has 0 aliphatic heterocycles. The summed E-state index contributed by atoms with van der Waals surface area (Å²) in [6, 6.07) is 0. The number of nitrogens with one attached hydrogen (secondary N) is 1. The fraction of sp³-hybridized carbons (Fsp3) is 0.250. The molecule has 0 aromatic carbocycles. The van der Waals surface area contributed by atoms with Crippen LogP contribution in [0, 0.1) is 18.4 Å². The molecule has 1 aromatic rings. The minimum Gasteiger partial charge on any atom is -0.465 e. The van der Waals surface area contributed by atoms with E-state index < -0.39 is 5.97 Å². The monoisotopic (exact) mass is 196 g/mol. The fourth-order valence-corrected chi connectivity index (χ4v) is 1.82. The Balaban J connectivity index is 3.09. The van der Waals surface area contributed by atoms with Crippen LogP contribution in [0.5, 0.6) is 0 Å². The van der Waals surface area contributed by atoms with Gasteiger partial charge in [-0.15, -0.1) is 11.3 Å². The van der Waals surface area contributed by atoms with E-state index in [1.54, 1.807) is 18.5 Å². The van der Waals surface area contributed by atoms with Crippen LogP contribution in [0.1, 0.15) is 15.9 Å². The summed E-state index contributed by atoms with van der Waals surface area (Å²) in [6.45, 7) is 1.80. The van der Waals surface area contributed by atoms with Gasteiger partial charge in [-0.25, -0.2) is 4.79 Å². The Bertz CT molecular complexity index is 365. The Labute approximate surface area is 79.7 Å². The van der Waals surface area contributed by atoms with Crippen molar-refractivity contribution in [3.63, 3.8) is 0 Å². The summed E-state index contributed by atoms with van der Waals surface area (Å²) < 4.78 is 4.58. The second kappa shape index (κ2) is 3.92. The lowest BCUT2D eigenvalue weighted by atomic mass is 10.2. The first-order chi connectivity index (χ1) is 6.20. The second-order valence-electron chi connectivity index (χ2n) is 2.35. The quantitative estimate of drug-likeness (QED) is 0.444.